The molecule has 2 unspecified atom stereocenters. The second-order valence-electron chi connectivity index (χ2n) is 3.66. The number of methoxy groups -OCH3 is 2. The molecule has 0 aromatic carbocycles. The van der Waals surface area contributed by atoms with Crippen molar-refractivity contribution in [3.05, 3.63) is 0 Å². The molecule has 0 N–H and O–H groups in total. The summed E-state index contributed by atoms with van der Waals surface area (Å²) in [6, 6.07) is 0. The highest BCUT2D eigenvalue weighted by Gasteiger charge is 2.04. The fraction of sp³-hybridized carbons (Fsp3) is 1.00. The third-order valence-corrected chi connectivity index (χ3v) is 1.71. The van der Waals surface area contributed by atoms with Crippen molar-refractivity contribution in [2.75, 3.05) is 40.6 Å². The van der Waals surface area contributed by atoms with Crippen LogP contribution in [0.5, 0.6) is 0 Å². The first kappa shape index (κ1) is 12.9. The summed E-state index contributed by atoms with van der Waals surface area (Å²) in [6.45, 7) is 7.29. The van der Waals surface area contributed by atoms with Crippen molar-refractivity contribution in [1.82, 2.24) is 0 Å². The first-order chi connectivity index (χ1) is 6.20. The summed E-state index contributed by atoms with van der Waals surface area (Å²) < 4.78 is 15.5. The Labute approximate surface area is 81.4 Å². The summed E-state index contributed by atoms with van der Waals surface area (Å²) in [6.07, 6.45) is 0. The van der Waals surface area contributed by atoms with Crippen LogP contribution in [0.4, 0.5) is 0 Å². The standard InChI is InChI=1S/C10H22O3/c1-9(5-11-3)7-13-8-10(2)6-12-4/h9-10H,5-8H2,1-4H3. The Morgan fingerprint density at radius 2 is 1.15 bits per heavy atom. The van der Waals surface area contributed by atoms with E-state index >= 15 is 0 Å². The van der Waals surface area contributed by atoms with E-state index in [1.165, 1.54) is 0 Å². The van der Waals surface area contributed by atoms with E-state index < -0.39 is 0 Å². The van der Waals surface area contributed by atoms with Crippen LogP contribution in [0.1, 0.15) is 13.8 Å². The second-order valence-corrected chi connectivity index (χ2v) is 3.66. The Bertz CT molecular complexity index is 94.3. The number of hydrogen-bond acceptors (Lipinski definition) is 3. The highest BCUT2D eigenvalue weighted by atomic mass is 16.5. The van der Waals surface area contributed by atoms with Gasteiger partial charge in [0.05, 0.1) is 26.4 Å². The molecule has 0 spiro atoms. The first-order valence-electron chi connectivity index (χ1n) is 4.76. The zero-order valence-electron chi connectivity index (χ0n) is 9.21. The van der Waals surface area contributed by atoms with Gasteiger partial charge in [0.1, 0.15) is 0 Å². The van der Waals surface area contributed by atoms with Crippen molar-refractivity contribution < 1.29 is 14.2 Å². The molecule has 0 rings (SSSR count). The van der Waals surface area contributed by atoms with Crippen LogP contribution >= 0.6 is 0 Å². The smallest absolute Gasteiger partial charge is 0.0513 e. The molecule has 0 aromatic heterocycles. The second kappa shape index (κ2) is 8.48. The summed E-state index contributed by atoms with van der Waals surface area (Å²) >= 11 is 0. The van der Waals surface area contributed by atoms with E-state index in [9.17, 15) is 0 Å². The lowest BCUT2D eigenvalue weighted by atomic mass is 10.2. The minimum Gasteiger partial charge on any atom is -0.384 e. The molecule has 0 fully saturated rings. The van der Waals surface area contributed by atoms with Gasteiger partial charge < -0.3 is 14.2 Å². The molecule has 0 saturated carbocycles. The lowest BCUT2D eigenvalue weighted by molar-refractivity contribution is 0.0311. The Hall–Kier alpha value is -0.120. The van der Waals surface area contributed by atoms with Crippen LogP contribution in [0.3, 0.4) is 0 Å². The fourth-order valence-corrected chi connectivity index (χ4v) is 1.14. The number of hydrogen-bond donors (Lipinski definition) is 0. The first-order valence-corrected chi connectivity index (χ1v) is 4.76. The van der Waals surface area contributed by atoms with Crippen LogP contribution in [-0.4, -0.2) is 40.6 Å². The summed E-state index contributed by atoms with van der Waals surface area (Å²) in [7, 11) is 3.42. The Morgan fingerprint density at radius 1 is 0.769 bits per heavy atom. The lowest BCUT2D eigenvalue weighted by Gasteiger charge is -2.14. The molecule has 0 aromatic rings. The number of ether oxygens (including phenoxy) is 3. The van der Waals surface area contributed by atoms with Gasteiger partial charge in [0.2, 0.25) is 0 Å². The molecule has 0 bridgehead atoms. The minimum atomic E-state index is 0.472. The predicted octanol–water partition coefficient (Wildman–Crippen LogP) is 1.57. The highest BCUT2D eigenvalue weighted by molar-refractivity contribution is 4.51. The Morgan fingerprint density at radius 3 is 1.46 bits per heavy atom. The third kappa shape index (κ3) is 8.22. The van der Waals surface area contributed by atoms with Gasteiger partial charge in [-0.2, -0.15) is 0 Å². The van der Waals surface area contributed by atoms with Gasteiger partial charge in [-0.3, -0.25) is 0 Å². The van der Waals surface area contributed by atoms with Crippen molar-refractivity contribution in [3.8, 4) is 0 Å². The van der Waals surface area contributed by atoms with Crippen LogP contribution in [0, 0.1) is 11.8 Å². The van der Waals surface area contributed by atoms with Gasteiger partial charge in [0.25, 0.3) is 0 Å². The molecule has 0 aliphatic heterocycles. The molecule has 0 heterocycles. The monoisotopic (exact) mass is 190 g/mol. The molecule has 3 heteroatoms. The minimum absolute atomic E-state index is 0.472. The van der Waals surface area contributed by atoms with Gasteiger partial charge in [-0.15, -0.1) is 0 Å². The average molecular weight is 190 g/mol. The zero-order chi connectivity index (χ0) is 10.1. The maximum Gasteiger partial charge on any atom is 0.0513 e. The average Bonchev–Trinajstić information content (AvgIpc) is 2.05. The normalized spacial score (nSPS) is 15.7. The third-order valence-electron chi connectivity index (χ3n) is 1.71. The largest absolute Gasteiger partial charge is 0.384 e. The van der Waals surface area contributed by atoms with Gasteiger partial charge >= 0.3 is 0 Å². The van der Waals surface area contributed by atoms with Crippen LogP contribution < -0.4 is 0 Å². The van der Waals surface area contributed by atoms with Crippen LogP contribution in [0.25, 0.3) is 0 Å². The zero-order valence-corrected chi connectivity index (χ0v) is 9.21. The molecule has 0 aliphatic carbocycles. The summed E-state index contributed by atoms with van der Waals surface area (Å²) in [5, 5.41) is 0. The molecular weight excluding hydrogens is 168 g/mol. The van der Waals surface area contributed by atoms with Crippen LogP contribution in [0.2, 0.25) is 0 Å². The molecule has 0 aliphatic rings. The van der Waals surface area contributed by atoms with Crippen LogP contribution in [-0.2, 0) is 14.2 Å². The van der Waals surface area contributed by atoms with E-state index in [0.29, 0.717) is 11.8 Å². The van der Waals surface area contributed by atoms with E-state index in [1.54, 1.807) is 14.2 Å². The van der Waals surface area contributed by atoms with Crippen LogP contribution in [0.15, 0.2) is 0 Å². The molecule has 0 amide bonds. The van der Waals surface area contributed by atoms with Gasteiger partial charge in [-0.05, 0) is 0 Å². The van der Waals surface area contributed by atoms with E-state index in [1.807, 2.05) is 0 Å². The van der Waals surface area contributed by atoms with Crippen molar-refractivity contribution in [2.24, 2.45) is 11.8 Å². The Kier molecular flexibility index (Phi) is 8.40. The highest BCUT2D eigenvalue weighted by Crippen LogP contribution is 2.00. The molecular formula is C10H22O3. The maximum absolute atomic E-state index is 5.50. The van der Waals surface area contributed by atoms with E-state index in [0.717, 1.165) is 26.4 Å². The van der Waals surface area contributed by atoms with Gasteiger partial charge in [0, 0.05) is 26.1 Å². The maximum atomic E-state index is 5.50. The summed E-state index contributed by atoms with van der Waals surface area (Å²) in [5.74, 6) is 0.944. The summed E-state index contributed by atoms with van der Waals surface area (Å²) in [4.78, 5) is 0. The molecule has 3 nitrogen and oxygen atoms in total. The van der Waals surface area contributed by atoms with Crippen molar-refractivity contribution in [3.63, 3.8) is 0 Å². The van der Waals surface area contributed by atoms with Gasteiger partial charge in [0.15, 0.2) is 0 Å². The van der Waals surface area contributed by atoms with Crippen molar-refractivity contribution >= 4 is 0 Å². The molecule has 13 heavy (non-hydrogen) atoms. The fourth-order valence-electron chi connectivity index (χ4n) is 1.14. The van der Waals surface area contributed by atoms with Gasteiger partial charge in [-0.25, -0.2) is 0 Å². The molecule has 0 saturated heterocycles. The van der Waals surface area contributed by atoms with E-state index in [4.69, 9.17) is 14.2 Å². The summed E-state index contributed by atoms with van der Waals surface area (Å²) in [5.41, 5.74) is 0. The number of rotatable bonds is 8. The van der Waals surface area contributed by atoms with Crippen molar-refractivity contribution in [2.45, 2.75) is 13.8 Å². The topological polar surface area (TPSA) is 27.7 Å². The van der Waals surface area contributed by atoms with E-state index in [-0.39, 0.29) is 0 Å². The molecule has 2 atom stereocenters. The predicted molar refractivity (Wildman–Crippen MR) is 52.9 cm³/mol. The quantitative estimate of drug-likeness (QED) is 0.581. The molecule has 80 valence electrons. The van der Waals surface area contributed by atoms with E-state index in [2.05, 4.69) is 13.8 Å². The van der Waals surface area contributed by atoms with Gasteiger partial charge in [-0.1, -0.05) is 13.8 Å². The SMILES string of the molecule is COCC(C)COCC(C)COC. The lowest BCUT2D eigenvalue weighted by Crippen LogP contribution is -2.17. The van der Waals surface area contributed by atoms with Crippen molar-refractivity contribution in [1.29, 1.82) is 0 Å². The Balaban J connectivity index is 3.23. The molecule has 0 radical (unpaired) electrons.